The van der Waals surface area contributed by atoms with E-state index in [0.717, 1.165) is 31.2 Å². The molecule has 5 heteroatoms. The SMILES string of the molecule is Cc1ccc(Cl)cc1N1CCN(CC(N)=O)CC1. The fourth-order valence-corrected chi connectivity index (χ4v) is 2.46. The van der Waals surface area contributed by atoms with Gasteiger partial charge in [0.2, 0.25) is 5.91 Å². The number of halogens is 1. The highest BCUT2D eigenvalue weighted by Gasteiger charge is 2.19. The van der Waals surface area contributed by atoms with Gasteiger partial charge in [-0.2, -0.15) is 0 Å². The first kappa shape index (κ1) is 13.2. The molecule has 98 valence electrons. The predicted molar refractivity (Wildman–Crippen MR) is 74.0 cm³/mol. The minimum absolute atomic E-state index is 0.262. The average Bonchev–Trinajstić information content (AvgIpc) is 2.33. The van der Waals surface area contributed by atoms with Crippen LogP contribution in [0, 0.1) is 6.92 Å². The van der Waals surface area contributed by atoms with Crippen LogP contribution in [0.2, 0.25) is 5.02 Å². The van der Waals surface area contributed by atoms with Gasteiger partial charge in [0.05, 0.1) is 6.54 Å². The van der Waals surface area contributed by atoms with Gasteiger partial charge in [0.1, 0.15) is 0 Å². The Labute approximate surface area is 112 Å². The molecule has 1 aliphatic heterocycles. The monoisotopic (exact) mass is 267 g/mol. The summed E-state index contributed by atoms with van der Waals surface area (Å²) in [5, 5.41) is 0.759. The summed E-state index contributed by atoms with van der Waals surface area (Å²) in [6, 6.07) is 5.94. The maximum absolute atomic E-state index is 10.9. The molecule has 0 radical (unpaired) electrons. The maximum atomic E-state index is 10.9. The maximum Gasteiger partial charge on any atom is 0.231 e. The molecular weight excluding hydrogens is 250 g/mol. The standard InChI is InChI=1S/C13H18ClN3O/c1-10-2-3-11(14)8-12(10)17-6-4-16(5-7-17)9-13(15)18/h2-3,8H,4-7,9H2,1H3,(H2,15,18). The molecule has 4 nitrogen and oxygen atoms in total. The molecule has 18 heavy (non-hydrogen) atoms. The van der Waals surface area contributed by atoms with Crippen LogP contribution in [0.4, 0.5) is 5.69 Å². The molecule has 0 saturated carbocycles. The third kappa shape index (κ3) is 3.15. The fourth-order valence-electron chi connectivity index (χ4n) is 2.29. The number of benzene rings is 1. The van der Waals surface area contributed by atoms with E-state index in [-0.39, 0.29) is 5.91 Å². The van der Waals surface area contributed by atoms with Gasteiger partial charge in [-0.1, -0.05) is 17.7 Å². The normalized spacial score (nSPS) is 16.9. The highest BCUT2D eigenvalue weighted by molar-refractivity contribution is 6.30. The minimum atomic E-state index is -0.262. The van der Waals surface area contributed by atoms with Crippen LogP contribution in [-0.2, 0) is 4.79 Å². The van der Waals surface area contributed by atoms with Gasteiger partial charge in [-0.3, -0.25) is 9.69 Å². The van der Waals surface area contributed by atoms with Crippen molar-refractivity contribution in [2.45, 2.75) is 6.92 Å². The Morgan fingerprint density at radius 3 is 2.61 bits per heavy atom. The van der Waals surface area contributed by atoms with Crippen molar-refractivity contribution < 1.29 is 4.79 Å². The Kier molecular flexibility index (Phi) is 4.09. The molecule has 1 aromatic rings. The smallest absolute Gasteiger partial charge is 0.231 e. The molecule has 2 N–H and O–H groups in total. The van der Waals surface area contributed by atoms with Crippen molar-refractivity contribution in [2.24, 2.45) is 5.73 Å². The Hall–Kier alpha value is -1.26. The molecule has 0 atom stereocenters. The van der Waals surface area contributed by atoms with E-state index in [9.17, 15) is 4.79 Å². The lowest BCUT2D eigenvalue weighted by Crippen LogP contribution is -2.49. The van der Waals surface area contributed by atoms with E-state index in [2.05, 4.69) is 16.7 Å². The quantitative estimate of drug-likeness (QED) is 0.897. The minimum Gasteiger partial charge on any atom is -0.369 e. The van der Waals surface area contributed by atoms with Gasteiger partial charge < -0.3 is 10.6 Å². The zero-order valence-corrected chi connectivity index (χ0v) is 11.3. The van der Waals surface area contributed by atoms with Gasteiger partial charge in [0, 0.05) is 36.9 Å². The zero-order chi connectivity index (χ0) is 13.1. The van der Waals surface area contributed by atoms with Crippen molar-refractivity contribution in [1.29, 1.82) is 0 Å². The third-order valence-corrected chi connectivity index (χ3v) is 3.50. The molecule has 1 fully saturated rings. The Morgan fingerprint density at radius 2 is 2.00 bits per heavy atom. The number of hydrogen-bond donors (Lipinski definition) is 1. The van der Waals surface area contributed by atoms with Crippen molar-refractivity contribution in [2.75, 3.05) is 37.6 Å². The van der Waals surface area contributed by atoms with E-state index >= 15 is 0 Å². The Morgan fingerprint density at radius 1 is 1.33 bits per heavy atom. The summed E-state index contributed by atoms with van der Waals surface area (Å²) in [5.74, 6) is -0.262. The van der Waals surface area contributed by atoms with Crippen molar-refractivity contribution in [3.63, 3.8) is 0 Å². The molecule has 1 aromatic carbocycles. The highest BCUT2D eigenvalue weighted by atomic mass is 35.5. The van der Waals surface area contributed by atoms with Crippen LogP contribution in [0.3, 0.4) is 0 Å². The number of rotatable bonds is 3. The van der Waals surface area contributed by atoms with E-state index < -0.39 is 0 Å². The first-order valence-corrected chi connectivity index (χ1v) is 6.46. The van der Waals surface area contributed by atoms with Crippen LogP contribution >= 0.6 is 11.6 Å². The molecule has 0 spiro atoms. The summed E-state index contributed by atoms with van der Waals surface area (Å²) in [5.41, 5.74) is 7.61. The first-order valence-electron chi connectivity index (χ1n) is 6.08. The number of primary amides is 1. The van der Waals surface area contributed by atoms with Crippen molar-refractivity contribution in [1.82, 2.24) is 4.90 Å². The number of aryl methyl sites for hydroxylation is 1. The molecular formula is C13H18ClN3O. The predicted octanol–water partition coefficient (Wildman–Crippen LogP) is 1.26. The van der Waals surface area contributed by atoms with Crippen molar-refractivity contribution in [3.8, 4) is 0 Å². The van der Waals surface area contributed by atoms with Crippen molar-refractivity contribution in [3.05, 3.63) is 28.8 Å². The van der Waals surface area contributed by atoms with Crippen molar-refractivity contribution >= 4 is 23.2 Å². The molecule has 1 saturated heterocycles. The van der Waals surface area contributed by atoms with Gasteiger partial charge in [-0.15, -0.1) is 0 Å². The summed E-state index contributed by atoms with van der Waals surface area (Å²) in [6.45, 7) is 5.94. The second-order valence-electron chi connectivity index (χ2n) is 4.66. The lowest BCUT2D eigenvalue weighted by atomic mass is 10.1. The summed E-state index contributed by atoms with van der Waals surface area (Å²) >= 11 is 6.04. The van der Waals surface area contributed by atoms with Gasteiger partial charge in [-0.25, -0.2) is 0 Å². The molecule has 0 unspecified atom stereocenters. The molecule has 2 rings (SSSR count). The number of nitrogens with two attached hydrogens (primary N) is 1. The first-order chi connectivity index (χ1) is 8.56. The second-order valence-corrected chi connectivity index (χ2v) is 5.10. The van der Waals surface area contributed by atoms with E-state index in [1.54, 1.807) is 0 Å². The van der Waals surface area contributed by atoms with Gasteiger partial charge in [0.15, 0.2) is 0 Å². The Balaban J connectivity index is 2.01. The molecule has 0 aromatic heterocycles. The molecule has 1 amide bonds. The number of hydrogen-bond acceptors (Lipinski definition) is 3. The van der Waals surface area contributed by atoms with Gasteiger partial charge in [-0.05, 0) is 24.6 Å². The van der Waals surface area contributed by atoms with Crippen LogP contribution in [0.15, 0.2) is 18.2 Å². The van der Waals surface area contributed by atoms with E-state index in [1.165, 1.54) is 11.3 Å². The van der Waals surface area contributed by atoms with Crippen LogP contribution in [-0.4, -0.2) is 43.5 Å². The highest BCUT2D eigenvalue weighted by Crippen LogP contribution is 2.25. The van der Waals surface area contributed by atoms with Crippen LogP contribution in [0.1, 0.15) is 5.56 Å². The molecule has 0 aliphatic carbocycles. The number of amides is 1. The van der Waals surface area contributed by atoms with Crippen LogP contribution in [0.5, 0.6) is 0 Å². The van der Waals surface area contributed by atoms with Gasteiger partial charge in [0.25, 0.3) is 0 Å². The fraction of sp³-hybridized carbons (Fsp3) is 0.462. The molecule has 1 aliphatic rings. The van der Waals surface area contributed by atoms with E-state index in [1.807, 2.05) is 18.2 Å². The summed E-state index contributed by atoms with van der Waals surface area (Å²) < 4.78 is 0. The van der Waals surface area contributed by atoms with Gasteiger partial charge >= 0.3 is 0 Å². The Bertz CT molecular complexity index is 442. The average molecular weight is 268 g/mol. The molecule has 1 heterocycles. The summed E-state index contributed by atoms with van der Waals surface area (Å²) in [4.78, 5) is 15.3. The number of piperazine rings is 1. The lowest BCUT2D eigenvalue weighted by Gasteiger charge is -2.36. The number of anilines is 1. The summed E-state index contributed by atoms with van der Waals surface area (Å²) in [7, 11) is 0. The van der Waals surface area contributed by atoms with E-state index in [4.69, 9.17) is 17.3 Å². The zero-order valence-electron chi connectivity index (χ0n) is 10.5. The number of carbonyl (C=O) groups is 1. The third-order valence-electron chi connectivity index (χ3n) is 3.26. The van der Waals surface area contributed by atoms with Crippen LogP contribution in [0.25, 0.3) is 0 Å². The largest absolute Gasteiger partial charge is 0.369 e. The number of carbonyl (C=O) groups excluding carboxylic acids is 1. The lowest BCUT2D eigenvalue weighted by molar-refractivity contribution is -0.119. The second kappa shape index (κ2) is 5.59. The molecule has 0 bridgehead atoms. The topological polar surface area (TPSA) is 49.6 Å². The summed E-state index contributed by atoms with van der Waals surface area (Å²) in [6.07, 6.45) is 0. The number of nitrogens with zero attached hydrogens (tertiary/aromatic N) is 2. The van der Waals surface area contributed by atoms with Crippen LogP contribution < -0.4 is 10.6 Å². The van der Waals surface area contributed by atoms with E-state index in [0.29, 0.717) is 6.54 Å².